The van der Waals surface area contributed by atoms with E-state index < -0.39 is 5.97 Å². The molecule has 0 aliphatic carbocycles. The van der Waals surface area contributed by atoms with E-state index in [4.69, 9.17) is 9.47 Å². The number of esters is 1. The van der Waals surface area contributed by atoms with Crippen molar-refractivity contribution in [2.75, 3.05) is 19.5 Å². The third kappa shape index (κ3) is 3.33. The van der Waals surface area contributed by atoms with Gasteiger partial charge < -0.3 is 9.47 Å². The van der Waals surface area contributed by atoms with E-state index in [0.29, 0.717) is 33.3 Å². The van der Waals surface area contributed by atoms with E-state index in [1.54, 1.807) is 26.3 Å². The molecule has 0 saturated heterocycles. The first-order valence-corrected chi connectivity index (χ1v) is 10.2. The van der Waals surface area contributed by atoms with Crippen LogP contribution in [0.25, 0.3) is 22.5 Å². The van der Waals surface area contributed by atoms with Gasteiger partial charge in [0.1, 0.15) is 17.2 Å². The Kier molecular flexibility index (Phi) is 5.50. The Labute approximate surface area is 174 Å². The summed E-state index contributed by atoms with van der Waals surface area (Å²) in [4.78, 5) is 34.3. The largest absolute Gasteiger partial charge is 0.462 e. The molecule has 0 amide bonds. The lowest BCUT2D eigenvalue weighted by molar-refractivity contribution is 0.0522. The summed E-state index contributed by atoms with van der Waals surface area (Å²) >= 11 is 1.39. The first-order chi connectivity index (χ1) is 14.6. The van der Waals surface area contributed by atoms with Crippen molar-refractivity contribution in [3.63, 3.8) is 0 Å². The van der Waals surface area contributed by atoms with Crippen LogP contribution in [0, 0.1) is 0 Å². The maximum Gasteiger partial charge on any atom is 0.344 e. The number of aromatic amines is 1. The van der Waals surface area contributed by atoms with Crippen molar-refractivity contribution in [1.82, 2.24) is 34.3 Å². The summed E-state index contributed by atoms with van der Waals surface area (Å²) in [6.07, 6.45) is 3.00. The summed E-state index contributed by atoms with van der Waals surface area (Å²) < 4.78 is 13.0. The van der Waals surface area contributed by atoms with E-state index in [0.717, 1.165) is 0 Å². The van der Waals surface area contributed by atoms with Crippen LogP contribution in [0.4, 0.5) is 0 Å². The second kappa shape index (κ2) is 8.24. The van der Waals surface area contributed by atoms with Gasteiger partial charge in [-0.1, -0.05) is 6.92 Å². The highest BCUT2D eigenvalue weighted by Gasteiger charge is 2.24. The molecule has 4 aromatic heterocycles. The number of nitrogens with zero attached hydrogens (tertiary/aromatic N) is 6. The number of fused-ring (bicyclic) bond motifs is 3. The highest BCUT2D eigenvalue weighted by molar-refractivity contribution is 7.99. The van der Waals surface area contributed by atoms with Gasteiger partial charge in [-0.2, -0.15) is 14.6 Å². The molecule has 156 valence electrons. The Morgan fingerprint density at radius 2 is 2.17 bits per heavy atom. The minimum atomic E-state index is -0.543. The number of hydrogen-bond acceptors (Lipinski definition) is 9. The quantitative estimate of drug-likeness (QED) is 0.344. The van der Waals surface area contributed by atoms with Crippen molar-refractivity contribution in [2.45, 2.75) is 25.5 Å². The van der Waals surface area contributed by atoms with E-state index in [9.17, 15) is 9.59 Å². The fourth-order valence-electron chi connectivity index (χ4n) is 3.05. The zero-order chi connectivity index (χ0) is 21.3. The van der Waals surface area contributed by atoms with Crippen molar-refractivity contribution in [1.29, 1.82) is 0 Å². The minimum Gasteiger partial charge on any atom is -0.462 e. The lowest BCUT2D eigenvalue weighted by Gasteiger charge is -2.08. The number of H-pyrrole nitrogens is 1. The average Bonchev–Trinajstić information content (AvgIpc) is 3.33. The number of carbonyl (C=O) groups excluding carboxylic acids is 1. The Morgan fingerprint density at radius 1 is 1.33 bits per heavy atom. The van der Waals surface area contributed by atoms with Crippen LogP contribution in [0.1, 0.15) is 30.0 Å². The van der Waals surface area contributed by atoms with Gasteiger partial charge in [0.2, 0.25) is 0 Å². The fraction of sp³-hybridized carbons (Fsp3) is 0.333. The molecule has 1 N–H and O–H groups in total. The molecule has 0 atom stereocenters. The molecule has 0 unspecified atom stereocenters. The van der Waals surface area contributed by atoms with Crippen molar-refractivity contribution >= 4 is 34.4 Å². The van der Waals surface area contributed by atoms with Crippen molar-refractivity contribution in [3.05, 3.63) is 40.2 Å². The van der Waals surface area contributed by atoms with Crippen molar-refractivity contribution in [2.24, 2.45) is 0 Å². The summed E-state index contributed by atoms with van der Waals surface area (Å²) in [5.74, 6) is 1.23. The molecule has 0 radical (unpaired) electrons. The molecule has 0 bridgehead atoms. The minimum absolute atomic E-state index is 0.213. The molecule has 0 fully saturated rings. The summed E-state index contributed by atoms with van der Waals surface area (Å²) in [6, 6.07) is 1.71. The van der Waals surface area contributed by atoms with Crippen LogP contribution in [0.5, 0.6) is 0 Å². The second-order valence-corrected chi connectivity index (χ2v) is 7.38. The van der Waals surface area contributed by atoms with Gasteiger partial charge in [0.25, 0.3) is 11.3 Å². The standard InChI is InChI=1S/C18H19N7O4S/c1-4-29-17(27)13-14(21-22-15(13)30-5-2)24-7-6-11-10(16(24)26)8-19-18-20-12(9-28-3)23-25(11)18/h6-8H,4-5,9H2,1-3H3,(H,21,22). The van der Waals surface area contributed by atoms with Crippen LogP contribution in [0.3, 0.4) is 0 Å². The first-order valence-electron chi connectivity index (χ1n) is 9.22. The molecular formula is C18H19N7O4S. The number of pyridine rings is 1. The second-order valence-electron chi connectivity index (χ2n) is 6.13. The number of hydrogen-bond donors (Lipinski definition) is 1. The maximum absolute atomic E-state index is 13.2. The first kappa shape index (κ1) is 20.0. The number of aromatic nitrogens is 7. The Balaban J connectivity index is 1.90. The molecule has 4 aromatic rings. The highest BCUT2D eigenvalue weighted by atomic mass is 32.2. The topological polar surface area (TPSA) is 129 Å². The predicted octanol–water partition coefficient (Wildman–Crippen LogP) is 1.59. The number of methoxy groups -OCH3 is 1. The summed E-state index contributed by atoms with van der Waals surface area (Å²) in [7, 11) is 1.55. The zero-order valence-electron chi connectivity index (χ0n) is 16.6. The lowest BCUT2D eigenvalue weighted by atomic mass is 10.3. The van der Waals surface area contributed by atoms with Crippen molar-refractivity contribution < 1.29 is 14.3 Å². The Hall–Kier alpha value is -3.25. The summed E-state index contributed by atoms with van der Waals surface area (Å²) in [5, 5.41) is 12.1. The van der Waals surface area contributed by atoms with E-state index in [-0.39, 0.29) is 30.2 Å². The molecule has 4 heterocycles. The monoisotopic (exact) mass is 429 g/mol. The number of ether oxygens (including phenoxy) is 2. The molecule has 0 aliphatic heterocycles. The Bertz CT molecular complexity index is 1290. The molecular weight excluding hydrogens is 410 g/mol. The smallest absolute Gasteiger partial charge is 0.344 e. The SMILES string of the molecule is CCOC(=O)c1c(SCC)n[nH]c1-n1ccc2c(cnc3nc(COC)nn32)c1=O. The fourth-order valence-corrected chi connectivity index (χ4v) is 3.75. The zero-order valence-corrected chi connectivity index (χ0v) is 17.4. The number of nitrogens with one attached hydrogen (secondary N) is 1. The molecule has 12 heteroatoms. The highest BCUT2D eigenvalue weighted by Crippen LogP contribution is 2.26. The van der Waals surface area contributed by atoms with Crippen LogP contribution in [0.15, 0.2) is 28.3 Å². The van der Waals surface area contributed by atoms with Crippen LogP contribution in [-0.4, -0.2) is 59.8 Å². The third-order valence-electron chi connectivity index (χ3n) is 4.27. The molecule has 4 rings (SSSR count). The van der Waals surface area contributed by atoms with Crippen LogP contribution in [-0.2, 0) is 16.1 Å². The van der Waals surface area contributed by atoms with Gasteiger partial charge in [-0.25, -0.2) is 9.78 Å². The van der Waals surface area contributed by atoms with E-state index in [1.807, 2.05) is 6.92 Å². The number of thioether (sulfide) groups is 1. The van der Waals surface area contributed by atoms with E-state index in [1.165, 1.54) is 27.0 Å². The van der Waals surface area contributed by atoms with E-state index >= 15 is 0 Å². The molecule has 0 aromatic carbocycles. The van der Waals surface area contributed by atoms with E-state index in [2.05, 4.69) is 25.3 Å². The molecule has 11 nitrogen and oxygen atoms in total. The predicted molar refractivity (Wildman–Crippen MR) is 109 cm³/mol. The molecule has 0 spiro atoms. The lowest BCUT2D eigenvalue weighted by Crippen LogP contribution is -2.21. The maximum atomic E-state index is 13.2. The third-order valence-corrected chi connectivity index (χ3v) is 5.12. The van der Waals surface area contributed by atoms with Crippen LogP contribution < -0.4 is 5.56 Å². The van der Waals surface area contributed by atoms with Gasteiger partial charge >= 0.3 is 5.97 Å². The Morgan fingerprint density at radius 3 is 2.90 bits per heavy atom. The van der Waals surface area contributed by atoms with Gasteiger partial charge in [0.15, 0.2) is 11.6 Å². The number of carbonyl (C=O) groups is 1. The number of rotatable bonds is 7. The molecule has 0 aliphatic rings. The normalized spacial score (nSPS) is 11.4. The summed E-state index contributed by atoms with van der Waals surface area (Å²) in [5.41, 5.74) is 0.381. The molecule has 30 heavy (non-hydrogen) atoms. The van der Waals surface area contributed by atoms with Gasteiger partial charge in [-0.3, -0.25) is 14.5 Å². The van der Waals surface area contributed by atoms with Crippen molar-refractivity contribution in [3.8, 4) is 5.82 Å². The molecule has 0 saturated carbocycles. The van der Waals surface area contributed by atoms with Gasteiger partial charge in [0, 0.05) is 19.5 Å². The summed E-state index contributed by atoms with van der Waals surface area (Å²) in [6.45, 7) is 4.11. The van der Waals surface area contributed by atoms with Gasteiger partial charge in [-0.15, -0.1) is 16.9 Å². The van der Waals surface area contributed by atoms with Crippen LogP contribution in [0.2, 0.25) is 0 Å². The van der Waals surface area contributed by atoms with Crippen LogP contribution >= 0.6 is 11.8 Å². The van der Waals surface area contributed by atoms with Gasteiger partial charge in [-0.05, 0) is 18.7 Å². The average molecular weight is 429 g/mol. The van der Waals surface area contributed by atoms with Gasteiger partial charge in [0.05, 0.1) is 17.5 Å².